The van der Waals surface area contributed by atoms with E-state index in [4.69, 9.17) is 9.72 Å². The summed E-state index contributed by atoms with van der Waals surface area (Å²) in [5.41, 5.74) is 2.50. The molecular formula is C22H33N5OS. The minimum atomic E-state index is 0.112. The standard InChI is InChI=1S/C22H33N5OS/c1-22(2,3)19-16-29-20(25-19)9-10-24-21(23-4)27-13-11-26(12-14-27)17-7-6-8-18(15-17)28-5/h6-8,15-16H,9-14H2,1-5H3,(H,23,24). The minimum absolute atomic E-state index is 0.112. The summed E-state index contributed by atoms with van der Waals surface area (Å²) in [5, 5.41) is 6.88. The number of nitrogens with zero attached hydrogens (tertiary/aromatic N) is 4. The van der Waals surface area contributed by atoms with Crippen LogP contribution in [0.1, 0.15) is 31.5 Å². The number of rotatable bonds is 5. The summed E-state index contributed by atoms with van der Waals surface area (Å²) in [5.74, 6) is 1.88. The first-order chi connectivity index (χ1) is 13.9. The Morgan fingerprint density at radius 3 is 2.62 bits per heavy atom. The van der Waals surface area contributed by atoms with Gasteiger partial charge >= 0.3 is 0 Å². The fourth-order valence-corrected chi connectivity index (χ4v) is 4.39. The maximum absolute atomic E-state index is 5.35. The van der Waals surface area contributed by atoms with Gasteiger partial charge in [-0.3, -0.25) is 4.99 Å². The van der Waals surface area contributed by atoms with Gasteiger partial charge in [0.15, 0.2) is 5.96 Å². The van der Waals surface area contributed by atoms with Gasteiger partial charge in [-0.2, -0.15) is 0 Å². The van der Waals surface area contributed by atoms with Crippen LogP contribution in [-0.4, -0.2) is 62.7 Å². The van der Waals surface area contributed by atoms with Crippen LogP contribution in [0.3, 0.4) is 0 Å². The Hall–Kier alpha value is -2.28. The van der Waals surface area contributed by atoms with Crippen LogP contribution in [0.4, 0.5) is 5.69 Å². The second kappa shape index (κ2) is 9.48. The van der Waals surface area contributed by atoms with E-state index in [0.29, 0.717) is 0 Å². The molecule has 0 amide bonds. The molecule has 1 fully saturated rings. The van der Waals surface area contributed by atoms with Crippen LogP contribution >= 0.6 is 11.3 Å². The molecule has 0 bridgehead atoms. The highest BCUT2D eigenvalue weighted by molar-refractivity contribution is 7.09. The molecule has 1 aliphatic rings. The lowest BCUT2D eigenvalue weighted by atomic mass is 9.93. The summed E-state index contributed by atoms with van der Waals surface area (Å²) in [7, 11) is 3.57. The second-order valence-corrected chi connectivity index (χ2v) is 9.22. The van der Waals surface area contributed by atoms with E-state index in [9.17, 15) is 0 Å². The Balaban J connectivity index is 1.48. The molecule has 0 radical (unpaired) electrons. The lowest BCUT2D eigenvalue weighted by Crippen LogP contribution is -2.52. The molecule has 1 aromatic heterocycles. The Kier molecular flexibility index (Phi) is 7.00. The van der Waals surface area contributed by atoms with Crippen LogP contribution < -0.4 is 15.0 Å². The summed E-state index contributed by atoms with van der Waals surface area (Å²) in [6.07, 6.45) is 0.920. The SMILES string of the molecule is CN=C(NCCc1nc(C(C)(C)C)cs1)N1CCN(c2cccc(OC)c2)CC1. The maximum Gasteiger partial charge on any atom is 0.193 e. The van der Waals surface area contributed by atoms with E-state index in [1.807, 2.05) is 19.2 Å². The normalized spacial score (nSPS) is 15.6. The lowest BCUT2D eigenvalue weighted by molar-refractivity contribution is 0.372. The average molecular weight is 416 g/mol. The largest absolute Gasteiger partial charge is 0.497 e. The van der Waals surface area contributed by atoms with Gasteiger partial charge in [-0.25, -0.2) is 4.98 Å². The third kappa shape index (κ3) is 5.63. The van der Waals surface area contributed by atoms with Crippen molar-refractivity contribution in [1.82, 2.24) is 15.2 Å². The smallest absolute Gasteiger partial charge is 0.193 e. The van der Waals surface area contributed by atoms with E-state index in [0.717, 1.165) is 50.9 Å². The van der Waals surface area contributed by atoms with Crippen molar-refractivity contribution in [3.05, 3.63) is 40.3 Å². The maximum atomic E-state index is 5.35. The number of aliphatic imine (C=N–C) groups is 1. The number of thiazole rings is 1. The van der Waals surface area contributed by atoms with Gasteiger partial charge in [0, 0.05) is 68.7 Å². The van der Waals surface area contributed by atoms with Gasteiger partial charge in [-0.05, 0) is 12.1 Å². The van der Waals surface area contributed by atoms with Crippen LogP contribution in [0.25, 0.3) is 0 Å². The Morgan fingerprint density at radius 2 is 2.00 bits per heavy atom. The first kappa shape index (κ1) is 21.4. The molecule has 7 heteroatoms. The van der Waals surface area contributed by atoms with E-state index >= 15 is 0 Å². The highest BCUT2D eigenvalue weighted by Gasteiger charge is 2.20. The zero-order valence-corrected chi connectivity index (χ0v) is 19.1. The second-order valence-electron chi connectivity index (χ2n) is 8.28. The molecule has 0 aliphatic carbocycles. The van der Waals surface area contributed by atoms with Crippen molar-refractivity contribution in [2.24, 2.45) is 4.99 Å². The van der Waals surface area contributed by atoms with Crippen LogP contribution in [0.15, 0.2) is 34.6 Å². The van der Waals surface area contributed by atoms with Gasteiger partial charge in [-0.15, -0.1) is 11.3 Å². The van der Waals surface area contributed by atoms with E-state index in [1.54, 1.807) is 18.4 Å². The van der Waals surface area contributed by atoms with Crippen molar-refractivity contribution in [3.63, 3.8) is 0 Å². The van der Waals surface area contributed by atoms with Crippen molar-refractivity contribution >= 4 is 23.0 Å². The highest BCUT2D eigenvalue weighted by Crippen LogP contribution is 2.24. The molecule has 0 atom stereocenters. The molecule has 0 saturated carbocycles. The lowest BCUT2D eigenvalue weighted by Gasteiger charge is -2.37. The molecule has 2 aromatic rings. The van der Waals surface area contributed by atoms with Gasteiger partial charge in [0.1, 0.15) is 5.75 Å². The molecule has 3 rings (SSSR count). The average Bonchev–Trinajstić information content (AvgIpc) is 3.21. The minimum Gasteiger partial charge on any atom is -0.497 e. The summed E-state index contributed by atoms with van der Waals surface area (Å²) in [4.78, 5) is 14.0. The number of ether oxygens (including phenoxy) is 1. The summed E-state index contributed by atoms with van der Waals surface area (Å²) in [6.45, 7) is 11.3. The number of aromatic nitrogens is 1. The van der Waals surface area contributed by atoms with Gasteiger partial charge in [0.25, 0.3) is 0 Å². The van der Waals surface area contributed by atoms with Gasteiger partial charge in [0.05, 0.1) is 17.8 Å². The summed E-state index contributed by atoms with van der Waals surface area (Å²) >= 11 is 1.75. The van der Waals surface area contributed by atoms with E-state index < -0.39 is 0 Å². The van der Waals surface area contributed by atoms with Gasteiger partial charge < -0.3 is 19.9 Å². The fraction of sp³-hybridized carbons (Fsp3) is 0.545. The van der Waals surface area contributed by atoms with Crippen LogP contribution in [0.2, 0.25) is 0 Å². The summed E-state index contributed by atoms with van der Waals surface area (Å²) in [6, 6.07) is 8.27. The molecule has 1 saturated heterocycles. The molecule has 0 spiro atoms. The monoisotopic (exact) mass is 415 g/mol. The van der Waals surface area contributed by atoms with Crippen molar-refractivity contribution in [1.29, 1.82) is 0 Å². The Bertz CT molecular complexity index is 819. The zero-order valence-electron chi connectivity index (χ0n) is 18.2. The predicted molar refractivity (Wildman–Crippen MR) is 123 cm³/mol. The number of nitrogens with one attached hydrogen (secondary N) is 1. The zero-order chi connectivity index (χ0) is 20.9. The number of hydrogen-bond donors (Lipinski definition) is 1. The first-order valence-corrected chi connectivity index (χ1v) is 11.1. The number of benzene rings is 1. The molecule has 158 valence electrons. The molecule has 0 unspecified atom stereocenters. The summed E-state index contributed by atoms with van der Waals surface area (Å²) < 4.78 is 5.35. The molecule has 2 heterocycles. The topological polar surface area (TPSA) is 53.0 Å². The van der Waals surface area contributed by atoms with Crippen molar-refractivity contribution < 1.29 is 4.74 Å². The number of piperazine rings is 1. The van der Waals surface area contributed by atoms with Crippen molar-refractivity contribution in [2.75, 3.05) is 51.8 Å². The molecule has 29 heavy (non-hydrogen) atoms. The van der Waals surface area contributed by atoms with E-state index in [-0.39, 0.29) is 5.41 Å². The molecule has 1 aromatic carbocycles. The molecule has 6 nitrogen and oxygen atoms in total. The predicted octanol–water partition coefficient (Wildman–Crippen LogP) is 3.39. The van der Waals surface area contributed by atoms with E-state index in [1.165, 1.54) is 16.4 Å². The molecule has 1 aliphatic heterocycles. The third-order valence-corrected chi connectivity index (χ3v) is 6.06. The van der Waals surface area contributed by atoms with E-state index in [2.05, 4.69) is 58.4 Å². The number of methoxy groups -OCH3 is 1. The number of anilines is 1. The highest BCUT2D eigenvalue weighted by atomic mass is 32.1. The van der Waals surface area contributed by atoms with Crippen molar-refractivity contribution in [2.45, 2.75) is 32.6 Å². The molecular weight excluding hydrogens is 382 g/mol. The Morgan fingerprint density at radius 1 is 1.24 bits per heavy atom. The number of hydrogen-bond acceptors (Lipinski definition) is 5. The van der Waals surface area contributed by atoms with Gasteiger partial charge in [0.2, 0.25) is 0 Å². The quantitative estimate of drug-likeness (QED) is 0.599. The van der Waals surface area contributed by atoms with Crippen LogP contribution in [0.5, 0.6) is 5.75 Å². The first-order valence-electron chi connectivity index (χ1n) is 10.2. The molecule has 1 N–H and O–H groups in total. The van der Waals surface area contributed by atoms with Crippen LogP contribution in [-0.2, 0) is 11.8 Å². The van der Waals surface area contributed by atoms with Crippen molar-refractivity contribution in [3.8, 4) is 5.75 Å². The van der Waals surface area contributed by atoms with Gasteiger partial charge in [-0.1, -0.05) is 26.8 Å². The van der Waals surface area contributed by atoms with Crippen LogP contribution in [0, 0.1) is 0 Å². The number of guanidine groups is 1. The fourth-order valence-electron chi connectivity index (χ4n) is 3.37. The Labute approximate surface area is 178 Å². The third-order valence-electron chi connectivity index (χ3n) is 5.15.